The Bertz CT molecular complexity index is 1100. The van der Waals surface area contributed by atoms with Crippen molar-refractivity contribution in [1.82, 2.24) is 5.32 Å². The molecule has 1 unspecified atom stereocenters. The van der Waals surface area contributed by atoms with Crippen LogP contribution in [0.4, 0.5) is 15.8 Å². The molecule has 2 amide bonds. The smallest absolute Gasteiger partial charge is 0.261 e. The Morgan fingerprint density at radius 1 is 1.09 bits per heavy atom. The van der Waals surface area contributed by atoms with Gasteiger partial charge >= 0.3 is 0 Å². The zero-order valence-corrected chi connectivity index (χ0v) is 19.7. The zero-order chi connectivity index (χ0) is 23.8. The maximum Gasteiger partial charge on any atom is 0.261 e. The first-order valence-electron chi connectivity index (χ1n) is 11.4. The average molecular weight is 486 g/mol. The molecule has 0 radical (unpaired) electrons. The van der Waals surface area contributed by atoms with Crippen molar-refractivity contribution in [3.63, 3.8) is 0 Å². The molecule has 8 heteroatoms. The van der Waals surface area contributed by atoms with Crippen LogP contribution in [0, 0.1) is 5.82 Å². The monoisotopic (exact) mass is 485 g/mol. The van der Waals surface area contributed by atoms with Crippen molar-refractivity contribution in [2.24, 2.45) is 0 Å². The molecule has 0 saturated carbocycles. The summed E-state index contributed by atoms with van der Waals surface area (Å²) in [6.45, 7) is 2.46. The highest BCUT2D eigenvalue weighted by Gasteiger charge is 2.24. The number of anilines is 2. The van der Waals surface area contributed by atoms with E-state index in [1.54, 1.807) is 18.2 Å². The quantitative estimate of drug-likeness (QED) is 0.449. The van der Waals surface area contributed by atoms with Crippen molar-refractivity contribution < 1.29 is 21.6 Å². The Morgan fingerprint density at radius 3 is 2.62 bits per heavy atom. The minimum Gasteiger partial charge on any atom is -0.378 e. The SMILES string of the molecule is O=C(NC(CCCc1ccccc1)C(=O)Nc1cc(F)ccc1N1CCOCC1)c1cccs1.[HH].[HH]. The van der Waals surface area contributed by atoms with Gasteiger partial charge in [0, 0.05) is 15.9 Å². The number of nitrogens with one attached hydrogen (secondary N) is 2. The van der Waals surface area contributed by atoms with Crippen LogP contribution >= 0.6 is 11.3 Å². The maximum atomic E-state index is 14.1. The normalized spacial score (nSPS) is 14.4. The molecule has 4 rings (SSSR count). The molecule has 0 bridgehead atoms. The molecular formula is C26H32FN3O3S. The third kappa shape index (κ3) is 6.42. The molecule has 6 nitrogen and oxygen atoms in total. The summed E-state index contributed by atoms with van der Waals surface area (Å²) in [6, 6.07) is 17.2. The van der Waals surface area contributed by atoms with Gasteiger partial charge in [0.05, 0.1) is 29.5 Å². The first kappa shape index (κ1) is 23.9. The molecular weight excluding hydrogens is 453 g/mol. The second-order valence-electron chi connectivity index (χ2n) is 8.13. The minimum atomic E-state index is -0.751. The molecule has 0 aliphatic carbocycles. The van der Waals surface area contributed by atoms with Gasteiger partial charge in [-0.2, -0.15) is 0 Å². The Balaban J connectivity index is 0.00000228. The van der Waals surface area contributed by atoms with E-state index in [9.17, 15) is 14.0 Å². The van der Waals surface area contributed by atoms with E-state index < -0.39 is 11.9 Å². The largest absolute Gasteiger partial charge is 0.378 e. The van der Waals surface area contributed by atoms with Crippen molar-refractivity contribution in [2.45, 2.75) is 25.3 Å². The van der Waals surface area contributed by atoms with Crippen LogP contribution in [-0.2, 0) is 16.0 Å². The molecule has 34 heavy (non-hydrogen) atoms. The van der Waals surface area contributed by atoms with Gasteiger partial charge in [0.1, 0.15) is 11.9 Å². The van der Waals surface area contributed by atoms with Crippen LogP contribution in [0.25, 0.3) is 0 Å². The molecule has 3 aromatic rings. The van der Waals surface area contributed by atoms with E-state index in [2.05, 4.69) is 15.5 Å². The molecule has 2 aromatic carbocycles. The van der Waals surface area contributed by atoms with Crippen LogP contribution in [0.1, 0.15) is 30.9 Å². The molecule has 1 aliphatic heterocycles. The van der Waals surface area contributed by atoms with E-state index in [1.807, 2.05) is 35.7 Å². The molecule has 1 fully saturated rings. The number of benzene rings is 2. The summed E-state index contributed by atoms with van der Waals surface area (Å²) < 4.78 is 19.5. The minimum absolute atomic E-state index is 0. The molecule has 2 heterocycles. The fourth-order valence-electron chi connectivity index (χ4n) is 3.97. The van der Waals surface area contributed by atoms with Crippen molar-refractivity contribution in [1.29, 1.82) is 0 Å². The Labute approximate surface area is 205 Å². The van der Waals surface area contributed by atoms with Crippen molar-refractivity contribution in [2.75, 3.05) is 36.5 Å². The summed E-state index contributed by atoms with van der Waals surface area (Å²) in [6.07, 6.45) is 1.96. The van der Waals surface area contributed by atoms with E-state index in [1.165, 1.54) is 29.0 Å². The third-order valence-electron chi connectivity index (χ3n) is 5.74. The Kier molecular flexibility index (Phi) is 8.27. The second-order valence-corrected chi connectivity index (χ2v) is 9.08. The number of halogens is 1. The Hall–Kier alpha value is -3.23. The van der Waals surface area contributed by atoms with Crippen LogP contribution < -0.4 is 15.5 Å². The van der Waals surface area contributed by atoms with E-state index in [0.29, 0.717) is 49.7 Å². The number of aryl methyl sites for hydroxylation is 1. The van der Waals surface area contributed by atoms with E-state index in [-0.39, 0.29) is 14.7 Å². The fourth-order valence-corrected chi connectivity index (χ4v) is 4.60. The van der Waals surface area contributed by atoms with Crippen LogP contribution in [0.3, 0.4) is 0 Å². The van der Waals surface area contributed by atoms with Gasteiger partial charge < -0.3 is 20.3 Å². The number of amides is 2. The van der Waals surface area contributed by atoms with Gasteiger partial charge in [-0.05, 0) is 54.5 Å². The number of nitrogens with zero attached hydrogens (tertiary/aromatic N) is 1. The van der Waals surface area contributed by atoms with Crippen molar-refractivity contribution in [3.8, 4) is 0 Å². The fraction of sp³-hybridized carbons (Fsp3) is 0.308. The predicted molar refractivity (Wildman–Crippen MR) is 137 cm³/mol. The first-order chi connectivity index (χ1) is 16.6. The lowest BCUT2D eigenvalue weighted by molar-refractivity contribution is -0.118. The van der Waals surface area contributed by atoms with Gasteiger partial charge in [0.2, 0.25) is 5.91 Å². The van der Waals surface area contributed by atoms with Gasteiger partial charge in [-0.3, -0.25) is 9.59 Å². The second kappa shape index (κ2) is 11.8. The van der Waals surface area contributed by atoms with E-state index in [0.717, 1.165) is 12.1 Å². The average Bonchev–Trinajstić information content (AvgIpc) is 3.40. The summed E-state index contributed by atoms with van der Waals surface area (Å²) in [5.74, 6) is -1.09. The zero-order valence-electron chi connectivity index (χ0n) is 18.8. The van der Waals surface area contributed by atoms with Crippen molar-refractivity contribution in [3.05, 3.63) is 82.3 Å². The topological polar surface area (TPSA) is 70.7 Å². The van der Waals surface area contributed by atoms with Crippen molar-refractivity contribution >= 4 is 34.5 Å². The standard InChI is InChI=1S/C26H28FN3O3S.2H2/c27-20-11-12-23(30-13-15-33-16-14-30)22(18-20)29-25(31)21(28-26(32)24-10-5-17-34-24)9-4-8-19-6-2-1-3-7-19;;/h1-3,5-7,10-12,17-18,21H,4,8-9,13-16H2,(H,28,32)(H,29,31);2*1H. The number of rotatable bonds is 9. The number of carbonyl (C=O) groups is 2. The van der Waals surface area contributed by atoms with Gasteiger partial charge in [0.25, 0.3) is 5.91 Å². The highest BCUT2D eigenvalue weighted by atomic mass is 32.1. The molecule has 182 valence electrons. The number of carbonyl (C=O) groups excluding carboxylic acids is 2. The number of hydrogen-bond acceptors (Lipinski definition) is 5. The van der Waals surface area contributed by atoms with Gasteiger partial charge in [-0.1, -0.05) is 36.4 Å². The molecule has 1 atom stereocenters. The lowest BCUT2D eigenvalue weighted by atomic mass is 10.0. The summed E-state index contributed by atoms with van der Waals surface area (Å²) in [5.41, 5.74) is 2.31. The predicted octanol–water partition coefficient (Wildman–Crippen LogP) is 4.98. The lowest BCUT2D eigenvalue weighted by Gasteiger charge is -2.31. The summed E-state index contributed by atoms with van der Waals surface area (Å²) >= 11 is 1.32. The van der Waals surface area contributed by atoms with Crippen LogP contribution in [0.15, 0.2) is 66.0 Å². The molecule has 1 aliphatic rings. The van der Waals surface area contributed by atoms with Gasteiger partial charge in [-0.15, -0.1) is 11.3 Å². The van der Waals surface area contributed by atoms with Gasteiger partial charge in [-0.25, -0.2) is 4.39 Å². The maximum absolute atomic E-state index is 14.1. The number of thiophene rings is 1. The summed E-state index contributed by atoms with van der Waals surface area (Å²) in [5, 5.41) is 7.57. The highest BCUT2D eigenvalue weighted by Crippen LogP contribution is 2.28. The van der Waals surface area contributed by atoms with E-state index >= 15 is 0 Å². The number of morpholine rings is 1. The number of hydrogen-bond donors (Lipinski definition) is 2. The number of ether oxygens (including phenoxy) is 1. The van der Waals surface area contributed by atoms with Crippen LogP contribution in [-0.4, -0.2) is 44.2 Å². The van der Waals surface area contributed by atoms with Crippen LogP contribution in [0.5, 0.6) is 0 Å². The highest BCUT2D eigenvalue weighted by molar-refractivity contribution is 7.12. The summed E-state index contributed by atoms with van der Waals surface area (Å²) in [4.78, 5) is 28.6. The summed E-state index contributed by atoms with van der Waals surface area (Å²) in [7, 11) is 0. The molecule has 0 spiro atoms. The molecule has 2 N–H and O–H groups in total. The lowest BCUT2D eigenvalue weighted by Crippen LogP contribution is -2.44. The van der Waals surface area contributed by atoms with Gasteiger partial charge in [0.15, 0.2) is 0 Å². The van der Waals surface area contributed by atoms with Crippen LogP contribution in [0.2, 0.25) is 0 Å². The first-order valence-corrected chi connectivity index (χ1v) is 12.3. The third-order valence-corrected chi connectivity index (χ3v) is 6.60. The Morgan fingerprint density at radius 2 is 1.88 bits per heavy atom. The molecule has 1 aromatic heterocycles. The van der Waals surface area contributed by atoms with E-state index in [4.69, 9.17) is 4.74 Å². The molecule has 1 saturated heterocycles.